The van der Waals surface area contributed by atoms with Crippen LogP contribution >= 0.6 is 0 Å². The number of hydrogen-bond donors (Lipinski definition) is 2. The minimum absolute atomic E-state index is 0.538. The van der Waals surface area contributed by atoms with Crippen LogP contribution in [0.15, 0.2) is 12.1 Å². The molecule has 0 spiro atoms. The molecule has 1 rings (SSSR count). The van der Waals surface area contributed by atoms with Crippen molar-refractivity contribution in [3.8, 4) is 0 Å². The highest BCUT2D eigenvalue weighted by Crippen LogP contribution is 2.05. The third-order valence-corrected chi connectivity index (χ3v) is 1.40. The summed E-state index contributed by atoms with van der Waals surface area (Å²) < 4.78 is 90.2. The van der Waals surface area contributed by atoms with Crippen LogP contribution in [0.4, 0.5) is 0 Å². The number of hydrogen-bond acceptors (Lipinski definition) is 3. The molecule has 0 aliphatic carbocycles. The molecule has 0 fully saturated rings. The van der Waals surface area contributed by atoms with Crippen molar-refractivity contribution >= 4 is 12.6 Å². The van der Waals surface area contributed by atoms with Crippen LogP contribution in [-0.2, 0) is 6.37 Å². The first kappa shape index (κ1) is 3.06. The molecule has 1 heterocycles. The summed E-state index contributed by atoms with van der Waals surface area (Å²) in [7, 11) is -2.26. The molecule has 14 heavy (non-hydrogen) atoms. The van der Waals surface area contributed by atoms with Gasteiger partial charge in [0.05, 0.1) is 0 Å². The van der Waals surface area contributed by atoms with Crippen molar-refractivity contribution in [1.82, 2.24) is 4.98 Å². The molecule has 0 unspecified atom stereocenters. The van der Waals surface area contributed by atoms with Crippen LogP contribution in [0.2, 0.25) is 0 Å². The molecule has 1 aromatic rings. The molecule has 0 aliphatic rings. The van der Waals surface area contributed by atoms with E-state index in [1.807, 2.05) is 0 Å². The smallest absolute Gasteiger partial charge is 0.423 e. The second-order valence-electron chi connectivity index (χ2n) is 2.54. The summed E-state index contributed by atoms with van der Waals surface area (Å²) in [6, 6.07) is 1.37. The van der Waals surface area contributed by atoms with E-state index in [-0.39, 0.29) is 0 Å². The first-order chi connectivity index (χ1) is 11.3. The van der Waals surface area contributed by atoms with Gasteiger partial charge in [-0.3, -0.25) is 4.98 Å². The Morgan fingerprint density at radius 1 is 1.64 bits per heavy atom. The maximum Gasteiger partial charge on any atom is 0.488 e. The van der Waals surface area contributed by atoms with Crippen molar-refractivity contribution in [3.63, 3.8) is 0 Å². The van der Waals surface area contributed by atoms with E-state index in [9.17, 15) is 10.0 Å². The maximum absolute atomic E-state index is 9.28. The van der Waals surface area contributed by atoms with Gasteiger partial charge < -0.3 is 10.0 Å². The lowest BCUT2D eigenvalue weighted by molar-refractivity contribution is 0.425. The number of rotatable bonds is 3. The summed E-state index contributed by atoms with van der Waals surface area (Å²) in [4.78, 5) is 3.47. The second-order valence-corrected chi connectivity index (χ2v) is 2.54. The van der Waals surface area contributed by atoms with E-state index in [4.69, 9.17) is 16.4 Å². The Hall–Kier alpha value is -0.865. The van der Waals surface area contributed by atoms with Crippen LogP contribution in [0.5, 0.6) is 0 Å². The monoisotopic (exact) mass is 205 g/mol. The fourth-order valence-corrected chi connectivity index (χ4v) is 0.893. The third kappa shape index (κ3) is 3.12. The van der Waals surface area contributed by atoms with E-state index in [0.29, 0.717) is 6.07 Å². The van der Waals surface area contributed by atoms with Gasteiger partial charge in [0.2, 0.25) is 0 Å². The highest BCUT2D eigenvalue weighted by molar-refractivity contribution is 6.58. The first-order valence-electron chi connectivity index (χ1n) is 9.66. The predicted octanol–water partition coefficient (Wildman–Crippen LogP) is 0.268. The topological polar surface area (TPSA) is 53.4 Å². The summed E-state index contributed by atoms with van der Waals surface area (Å²) in [6.45, 7) is -10.2. The zero-order chi connectivity index (χ0) is 20.9. The zero-order valence-electron chi connectivity index (χ0n) is 19.1. The van der Waals surface area contributed by atoms with Crippen molar-refractivity contribution < 1.29 is 26.5 Å². The lowest BCUT2D eigenvalue weighted by Crippen LogP contribution is -2.31. The molecule has 0 saturated heterocycles. The molecule has 76 valence electrons. The summed E-state index contributed by atoms with van der Waals surface area (Å²) >= 11 is 0. The average molecular weight is 205 g/mol. The Kier molecular flexibility index (Phi) is 1.00. The second kappa shape index (κ2) is 4.57. The van der Waals surface area contributed by atoms with Crippen molar-refractivity contribution in [3.05, 3.63) is 23.5 Å². The van der Waals surface area contributed by atoms with Gasteiger partial charge in [0.15, 0.2) is 0 Å². The van der Waals surface area contributed by atoms with Gasteiger partial charge in [-0.1, -0.05) is 13.7 Å². The molecule has 2 N–H and O–H groups in total. The maximum atomic E-state index is 9.28. The normalized spacial score (nSPS) is 27.9. The van der Waals surface area contributed by atoms with Crippen molar-refractivity contribution in [1.29, 1.82) is 0 Å². The minimum Gasteiger partial charge on any atom is -0.423 e. The van der Waals surface area contributed by atoms with Crippen LogP contribution in [0.1, 0.15) is 41.5 Å². The third-order valence-electron chi connectivity index (χ3n) is 1.40. The lowest BCUT2D eigenvalue weighted by atomic mass is 9.80. The summed E-state index contributed by atoms with van der Waals surface area (Å²) in [5, 5.41) is 18.6. The highest BCUT2D eigenvalue weighted by atomic mass is 16.4. The molecule has 0 aliphatic heterocycles. The summed E-state index contributed by atoms with van der Waals surface area (Å²) in [5.41, 5.74) is -2.36. The van der Waals surface area contributed by atoms with E-state index in [2.05, 4.69) is 4.98 Å². The van der Waals surface area contributed by atoms with Gasteiger partial charge in [-0.25, -0.2) is 0 Å². The van der Waals surface area contributed by atoms with E-state index in [1.165, 1.54) is 0 Å². The number of pyridine rings is 1. The van der Waals surface area contributed by atoms with Crippen LogP contribution in [0, 0.1) is 12.7 Å². The first-order valence-corrected chi connectivity index (χ1v) is 3.66. The fraction of sp³-hybridized carbons (Fsp3) is 0.500. The Balaban J connectivity index is 3.83. The minimum atomic E-state index is -3.70. The van der Waals surface area contributed by atoms with Gasteiger partial charge in [-0.15, -0.1) is 0 Å². The largest absolute Gasteiger partial charge is 0.488 e. The molecular weight excluding hydrogens is 177 g/mol. The Morgan fingerprint density at radius 3 is 3.00 bits per heavy atom. The van der Waals surface area contributed by atoms with Gasteiger partial charge in [0.25, 0.3) is 0 Å². The Morgan fingerprint density at radius 2 is 2.43 bits per heavy atom. The summed E-state index contributed by atoms with van der Waals surface area (Å²) in [5.74, 6) is -3.70. The quantitative estimate of drug-likeness (QED) is 0.696. The van der Waals surface area contributed by atoms with E-state index in [0.717, 1.165) is 6.07 Å². The van der Waals surface area contributed by atoms with Gasteiger partial charge in [-0.05, 0) is 36.7 Å². The molecular formula is C10H16BNO2. The van der Waals surface area contributed by atoms with Crippen LogP contribution in [0.25, 0.3) is 0 Å². The Labute approximate surface area is 102 Å². The summed E-state index contributed by atoms with van der Waals surface area (Å²) in [6.07, 6.45) is -3.49. The number of aryl methyl sites for hydroxylation is 1. The molecule has 0 radical (unpaired) electrons. The van der Waals surface area contributed by atoms with Gasteiger partial charge >= 0.3 is 7.12 Å². The molecule has 0 amide bonds. The van der Waals surface area contributed by atoms with Crippen molar-refractivity contribution in [2.75, 3.05) is 0 Å². The molecule has 1 aromatic heterocycles. The molecule has 0 atom stereocenters. The van der Waals surface area contributed by atoms with Gasteiger partial charge in [0.1, 0.15) is 0 Å². The predicted molar refractivity (Wildman–Crippen MR) is 57.3 cm³/mol. The fourth-order valence-electron chi connectivity index (χ4n) is 0.893. The molecule has 0 saturated carbocycles. The molecule has 4 heteroatoms. The van der Waals surface area contributed by atoms with Crippen LogP contribution in [-0.4, -0.2) is 22.2 Å². The van der Waals surface area contributed by atoms with Gasteiger partial charge in [0, 0.05) is 27.8 Å². The SMILES string of the molecule is [2H]C([2H])([2H])c1cc(B(O)O)cc(C([2H])([2H])C([2H])(C([2H])([2H])[2H])C([2H])([2H])[2H])n1. The van der Waals surface area contributed by atoms with Gasteiger partial charge in [-0.2, -0.15) is 0 Å². The highest BCUT2D eigenvalue weighted by Gasteiger charge is 2.13. The molecule has 0 bridgehead atoms. The van der Waals surface area contributed by atoms with E-state index >= 15 is 0 Å². The lowest BCUT2D eigenvalue weighted by Gasteiger charge is -2.07. The van der Waals surface area contributed by atoms with Crippen LogP contribution in [0.3, 0.4) is 0 Å². The van der Waals surface area contributed by atoms with E-state index < -0.39 is 56.8 Å². The number of aromatic nitrogens is 1. The van der Waals surface area contributed by atoms with Crippen molar-refractivity contribution in [2.45, 2.75) is 26.9 Å². The number of nitrogens with zero attached hydrogens (tertiary/aromatic N) is 1. The molecule has 0 aromatic carbocycles. The zero-order valence-corrected chi connectivity index (χ0v) is 7.07. The van der Waals surface area contributed by atoms with Crippen LogP contribution < -0.4 is 5.46 Å². The average Bonchev–Trinajstić information content (AvgIpc) is 2.42. The molecule has 3 nitrogen and oxygen atoms in total. The van der Waals surface area contributed by atoms with E-state index in [1.54, 1.807) is 0 Å². The van der Waals surface area contributed by atoms with Crippen molar-refractivity contribution in [2.24, 2.45) is 5.89 Å². The standard InChI is InChI=1S/C10H16BNO2/c1-7(2)4-10-6-9(11(13)14)5-8(3)12-10/h5-7,13-14H,4H2,1-3H3/i1D3,2D3,3D3,4D2,7D. The Bertz CT molecular complexity index is 651.